The lowest BCUT2D eigenvalue weighted by Crippen LogP contribution is -2.25. The van der Waals surface area contributed by atoms with E-state index in [1.807, 2.05) is 37.3 Å². The van der Waals surface area contributed by atoms with E-state index in [0.717, 1.165) is 5.56 Å². The summed E-state index contributed by atoms with van der Waals surface area (Å²) >= 11 is 0. The van der Waals surface area contributed by atoms with Crippen LogP contribution in [0.2, 0.25) is 0 Å². The number of benzene rings is 2. The summed E-state index contributed by atoms with van der Waals surface area (Å²) in [6.45, 7) is 4.46. The van der Waals surface area contributed by atoms with E-state index < -0.39 is 5.91 Å². The van der Waals surface area contributed by atoms with Gasteiger partial charge in [0.1, 0.15) is 11.6 Å². The van der Waals surface area contributed by atoms with Crippen LogP contribution in [0.5, 0.6) is 5.75 Å². The first-order chi connectivity index (χ1) is 15.1. The molecule has 0 unspecified atom stereocenters. The number of fused-ring (bicyclic) bond motifs is 1. The molecule has 0 aliphatic rings. The number of aromatic nitrogens is 4. The second kappa shape index (κ2) is 8.78. The molecule has 9 heteroatoms. The lowest BCUT2D eigenvalue weighted by atomic mass is 10.2. The highest BCUT2D eigenvalue weighted by atomic mass is 16.5. The Hall–Kier alpha value is -4.01. The van der Waals surface area contributed by atoms with Gasteiger partial charge < -0.3 is 14.6 Å². The van der Waals surface area contributed by atoms with Crippen LogP contribution in [0, 0.1) is 6.92 Å². The van der Waals surface area contributed by atoms with Crippen LogP contribution in [0.25, 0.3) is 10.9 Å². The molecule has 1 amide bonds. The molecule has 4 rings (SSSR count). The van der Waals surface area contributed by atoms with Crippen LogP contribution in [0.3, 0.4) is 0 Å². The molecule has 0 saturated heterocycles. The maximum Gasteiger partial charge on any atom is 0.316 e. The number of amides is 1. The predicted octanol–water partition coefficient (Wildman–Crippen LogP) is 2.46. The molecular formula is C22H21N5O4. The highest BCUT2D eigenvalue weighted by molar-refractivity contribution is 5.89. The first-order valence-corrected chi connectivity index (χ1v) is 9.84. The van der Waals surface area contributed by atoms with Gasteiger partial charge in [-0.3, -0.25) is 14.2 Å². The number of aryl methyl sites for hydroxylation is 1. The molecule has 0 bridgehead atoms. The highest BCUT2D eigenvalue weighted by Crippen LogP contribution is 2.17. The summed E-state index contributed by atoms with van der Waals surface area (Å²) in [5.74, 6) is 0.749. The van der Waals surface area contributed by atoms with Crippen LogP contribution in [0.4, 0.5) is 0 Å². The normalized spacial score (nSPS) is 10.9. The van der Waals surface area contributed by atoms with Gasteiger partial charge in [-0.15, -0.1) is 0 Å². The summed E-state index contributed by atoms with van der Waals surface area (Å²) in [6.07, 6.45) is 0. The number of ether oxygens (including phenoxy) is 1. The molecule has 9 nitrogen and oxygen atoms in total. The van der Waals surface area contributed by atoms with E-state index in [0.29, 0.717) is 29.1 Å². The molecular weight excluding hydrogens is 398 g/mol. The van der Waals surface area contributed by atoms with Gasteiger partial charge in [0.05, 0.1) is 24.1 Å². The van der Waals surface area contributed by atoms with Crippen molar-refractivity contribution in [1.82, 2.24) is 25.0 Å². The zero-order valence-electron chi connectivity index (χ0n) is 17.2. The SMILES string of the molecule is CCOc1ccccc1CNC(=O)c1nc(Cn2c(C)nc3ccccc3c2=O)no1. The first kappa shape index (κ1) is 20.3. The number of para-hydroxylation sites is 2. The molecule has 4 aromatic rings. The number of rotatable bonds is 7. The molecule has 0 spiro atoms. The number of nitrogens with zero attached hydrogens (tertiary/aromatic N) is 4. The molecule has 0 aliphatic heterocycles. The lowest BCUT2D eigenvalue weighted by molar-refractivity contribution is 0.0906. The average Bonchev–Trinajstić information content (AvgIpc) is 3.25. The fraction of sp³-hybridized carbons (Fsp3) is 0.227. The third-order valence-corrected chi connectivity index (χ3v) is 4.73. The molecule has 1 N–H and O–H groups in total. The van der Waals surface area contributed by atoms with E-state index in [9.17, 15) is 9.59 Å². The largest absolute Gasteiger partial charge is 0.494 e. The summed E-state index contributed by atoms with van der Waals surface area (Å²) in [4.78, 5) is 33.8. The van der Waals surface area contributed by atoms with Crippen molar-refractivity contribution in [2.45, 2.75) is 26.9 Å². The molecule has 2 heterocycles. The third-order valence-electron chi connectivity index (χ3n) is 4.73. The van der Waals surface area contributed by atoms with Gasteiger partial charge in [0, 0.05) is 12.1 Å². The Bertz CT molecular complexity index is 1290. The van der Waals surface area contributed by atoms with E-state index >= 15 is 0 Å². The van der Waals surface area contributed by atoms with Crippen molar-refractivity contribution in [2.75, 3.05) is 6.61 Å². The van der Waals surface area contributed by atoms with E-state index in [-0.39, 0.29) is 30.4 Å². The summed E-state index contributed by atoms with van der Waals surface area (Å²) in [5, 5.41) is 7.08. The fourth-order valence-corrected chi connectivity index (χ4v) is 3.21. The Morgan fingerprint density at radius 3 is 2.74 bits per heavy atom. The summed E-state index contributed by atoms with van der Waals surface area (Å²) < 4.78 is 12.1. The Kier molecular flexibility index (Phi) is 5.74. The minimum absolute atomic E-state index is 0.0481. The number of hydrogen-bond acceptors (Lipinski definition) is 7. The van der Waals surface area contributed by atoms with Crippen molar-refractivity contribution >= 4 is 16.8 Å². The van der Waals surface area contributed by atoms with E-state index in [4.69, 9.17) is 9.26 Å². The minimum atomic E-state index is -0.509. The van der Waals surface area contributed by atoms with Crippen molar-refractivity contribution < 1.29 is 14.1 Å². The fourth-order valence-electron chi connectivity index (χ4n) is 3.21. The molecule has 158 valence electrons. The zero-order chi connectivity index (χ0) is 21.8. The number of hydrogen-bond donors (Lipinski definition) is 1. The molecule has 0 fully saturated rings. The third kappa shape index (κ3) is 4.30. The topological polar surface area (TPSA) is 112 Å². The highest BCUT2D eigenvalue weighted by Gasteiger charge is 2.17. The molecule has 0 radical (unpaired) electrons. The van der Waals surface area contributed by atoms with Crippen LogP contribution < -0.4 is 15.6 Å². The van der Waals surface area contributed by atoms with Gasteiger partial charge in [-0.1, -0.05) is 35.5 Å². The minimum Gasteiger partial charge on any atom is -0.494 e. The summed E-state index contributed by atoms with van der Waals surface area (Å²) in [6, 6.07) is 14.6. The van der Waals surface area contributed by atoms with Crippen molar-refractivity contribution in [1.29, 1.82) is 0 Å². The summed E-state index contributed by atoms with van der Waals surface area (Å²) in [5.41, 5.74) is 1.26. The number of carbonyl (C=O) groups excluding carboxylic acids is 1. The monoisotopic (exact) mass is 419 g/mol. The molecule has 0 saturated carbocycles. The van der Waals surface area contributed by atoms with Gasteiger partial charge >= 0.3 is 11.8 Å². The van der Waals surface area contributed by atoms with Gasteiger partial charge in [0.15, 0.2) is 5.82 Å². The standard InChI is InChI=1S/C22H21N5O4/c1-3-30-18-11-7-4-8-15(18)12-23-20(28)21-25-19(26-31-21)13-27-14(2)24-17-10-6-5-9-16(17)22(27)29/h4-11H,3,12-13H2,1-2H3,(H,23,28). The molecule has 0 atom stereocenters. The van der Waals surface area contributed by atoms with Crippen molar-refractivity contribution in [3.8, 4) is 5.75 Å². The molecule has 2 aromatic carbocycles. The number of carbonyl (C=O) groups is 1. The van der Waals surface area contributed by atoms with Crippen LogP contribution >= 0.6 is 0 Å². The first-order valence-electron chi connectivity index (χ1n) is 9.84. The Balaban J connectivity index is 1.48. The van der Waals surface area contributed by atoms with Gasteiger partial charge in [-0.2, -0.15) is 4.98 Å². The maximum atomic E-state index is 12.8. The lowest BCUT2D eigenvalue weighted by Gasteiger charge is -2.09. The summed E-state index contributed by atoms with van der Waals surface area (Å²) in [7, 11) is 0. The van der Waals surface area contributed by atoms with Crippen molar-refractivity contribution in [3.63, 3.8) is 0 Å². The Labute approximate surface area is 177 Å². The van der Waals surface area contributed by atoms with E-state index in [1.54, 1.807) is 25.1 Å². The van der Waals surface area contributed by atoms with Crippen LogP contribution in [0.15, 0.2) is 57.8 Å². The van der Waals surface area contributed by atoms with Crippen LogP contribution in [-0.4, -0.2) is 32.2 Å². The number of nitrogens with one attached hydrogen (secondary N) is 1. The Morgan fingerprint density at radius 1 is 1.13 bits per heavy atom. The van der Waals surface area contributed by atoms with E-state index in [1.165, 1.54) is 4.57 Å². The molecule has 31 heavy (non-hydrogen) atoms. The second-order valence-corrected chi connectivity index (χ2v) is 6.81. The maximum absolute atomic E-state index is 12.8. The van der Waals surface area contributed by atoms with Crippen molar-refractivity contribution in [3.05, 3.63) is 82.0 Å². The van der Waals surface area contributed by atoms with Gasteiger partial charge in [0.2, 0.25) is 0 Å². The smallest absolute Gasteiger partial charge is 0.316 e. The quantitative estimate of drug-likeness (QED) is 0.490. The van der Waals surface area contributed by atoms with Crippen LogP contribution in [0.1, 0.15) is 34.8 Å². The molecule has 0 aliphatic carbocycles. The van der Waals surface area contributed by atoms with Gasteiger partial charge in [-0.05, 0) is 32.0 Å². The second-order valence-electron chi connectivity index (χ2n) is 6.81. The van der Waals surface area contributed by atoms with Gasteiger partial charge in [0.25, 0.3) is 5.56 Å². The van der Waals surface area contributed by atoms with Crippen molar-refractivity contribution in [2.24, 2.45) is 0 Å². The Morgan fingerprint density at radius 2 is 1.90 bits per heavy atom. The van der Waals surface area contributed by atoms with Crippen LogP contribution in [-0.2, 0) is 13.1 Å². The molecule has 2 aromatic heterocycles. The average molecular weight is 419 g/mol. The predicted molar refractivity (Wildman–Crippen MR) is 113 cm³/mol. The van der Waals surface area contributed by atoms with Gasteiger partial charge in [-0.25, -0.2) is 4.98 Å². The zero-order valence-corrected chi connectivity index (χ0v) is 17.2. The van der Waals surface area contributed by atoms with E-state index in [2.05, 4.69) is 20.4 Å².